The third-order valence-electron chi connectivity index (χ3n) is 3.42. The summed E-state index contributed by atoms with van der Waals surface area (Å²) in [4.78, 5) is 0. The van der Waals surface area contributed by atoms with Crippen molar-refractivity contribution in [3.8, 4) is 0 Å². The van der Waals surface area contributed by atoms with Crippen LogP contribution in [0.25, 0.3) is 0 Å². The van der Waals surface area contributed by atoms with Crippen molar-refractivity contribution in [1.29, 1.82) is 0 Å². The van der Waals surface area contributed by atoms with Crippen molar-refractivity contribution >= 4 is 11.3 Å². The second-order valence-electron chi connectivity index (χ2n) is 5.07. The van der Waals surface area contributed by atoms with Gasteiger partial charge in [0, 0.05) is 6.54 Å². The van der Waals surface area contributed by atoms with Crippen molar-refractivity contribution in [2.45, 2.75) is 31.8 Å². The third-order valence-corrected chi connectivity index (χ3v) is 4.11. The number of hydrogen-bond acceptors (Lipinski definition) is 3. The van der Waals surface area contributed by atoms with E-state index in [0.29, 0.717) is 6.54 Å². The average Bonchev–Trinajstić information content (AvgIpc) is 2.84. The summed E-state index contributed by atoms with van der Waals surface area (Å²) < 4.78 is 0. The van der Waals surface area contributed by atoms with Crippen LogP contribution in [-0.2, 0) is 5.60 Å². The summed E-state index contributed by atoms with van der Waals surface area (Å²) in [6.07, 6.45) is 8.18. The van der Waals surface area contributed by atoms with Gasteiger partial charge in [-0.3, -0.25) is 0 Å². The van der Waals surface area contributed by atoms with Crippen LogP contribution in [-0.4, -0.2) is 18.2 Å². The smallest absolute Gasteiger partial charge is 0.1000 e. The highest BCUT2D eigenvalue weighted by Crippen LogP contribution is 2.22. The van der Waals surface area contributed by atoms with Crippen LogP contribution < -0.4 is 5.32 Å². The summed E-state index contributed by atoms with van der Waals surface area (Å²) >= 11 is 1.63. The van der Waals surface area contributed by atoms with Gasteiger partial charge in [-0.1, -0.05) is 12.2 Å². The zero-order valence-electron chi connectivity index (χ0n) is 10.4. The van der Waals surface area contributed by atoms with E-state index >= 15 is 0 Å². The van der Waals surface area contributed by atoms with Crippen LogP contribution in [0.15, 0.2) is 29.0 Å². The molecule has 3 heteroatoms. The van der Waals surface area contributed by atoms with Gasteiger partial charge in [0.2, 0.25) is 0 Å². The molecule has 1 aromatic rings. The van der Waals surface area contributed by atoms with Crippen molar-refractivity contribution in [3.63, 3.8) is 0 Å². The Balaban J connectivity index is 1.76. The molecule has 2 atom stereocenters. The largest absolute Gasteiger partial charge is 0.384 e. The molecular formula is C14H21NOS. The van der Waals surface area contributed by atoms with Crippen molar-refractivity contribution in [2.24, 2.45) is 5.92 Å². The Labute approximate surface area is 107 Å². The molecule has 0 unspecified atom stereocenters. The van der Waals surface area contributed by atoms with E-state index in [1.807, 2.05) is 23.8 Å². The minimum atomic E-state index is -0.746. The van der Waals surface area contributed by atoms with E-state index < -0.39 is 5.60 Å². The lowest BCUT2D eigenvalue weighted by atomic mass is 9.93. The van der Waals surface area contributed by atoms with E-state index in [9.17, 15) is 5.11 Å². The first-order valence-corrected chi connectivity index (χ1v) is 7.23. The fourth-order valence-electron chi connectivity index (χ4n) is 2.23. The number of nitrogens with one attached hydrogen (secondary N) is 1. The molecule has 0 amide bonds. The van der Waals surface area contributed by atoms with Crippen LogP contribution in [0.3, 0.4) is 0 Å². The molecule has 0 fully saturated rings. The number of thiophene rings is 1. The molecule has 1 aromatic heterocycles. The maximum Gasteiger partial charge on any atom is 0.1000 e. The SMILES string of the molecule is C[C@@](O)(CNC[C@@H]1CC=CCC1)c1ccsc1. The molecule has 17 heavy (non-hydrogen) atoms. The molecule has 1 heterocycles. The lowest BCUT2D eigenvalue weighted by Crippen LogP contribution is -2.37. The predicted molar refractivity (Wildman–Crippen MR) is 73.2 cm³/mol. The summed E-state index contributed by atoms with van der Waals surface area (Å²) in [5.74, 6) is 0.735. The molecule has 0 saturated heterocycles. The van der Waals surface area contributed by atoms with E-state index in [-0.39, 0.29) is 0 Å². The van der Waals surface area contributed by atoms with E-state index in [1.54, 1.807) is 11.3 Å². The van der Waals surface area contributed by atoms with E-state index in [4.69, 9.17) is 0 Å². The number of hydrogen-bond donors (Lipinski definition) is 2. The van der Waals surface area contributed by atoms with Crippen LogP contribution in [0.5, 0.6) is 0 Å². The fraction of sp³-hybridized carbons (Fsp3) is 0.571. The lowest BCUT2D eigenvalue weighted by Gasteiger charge is -2.25. The van der Waals surface area contributed by atoms with E-state index in [0.717, 1.165) is 18.0 Å². The van der Waals surface area contributed by atoms with Gasteiger partial charge >= 0.3 is 0 Å². The number of allylic oxidation sites excluding steroid dienone is 2. The fourth-order valence-corrected chi connectivity index (χ4v) is 3.02. The van der Waals surface area contributed by atoms with Crippen LogP contribution in [0, 0.1) is 5.92 Å². The van der Waals surface area contributed by atoms with Gasteiger partial charge in [0.1, 0.15) is 0 Å². The van der Waals surface area contributed by atoms with Crippen molar-refractivity contribution in [2.75, 3.05) is 13.1 Å². The van der Waals surface area contributed by atoms with Crippen LogP contribution in [0.2, 0.25) is 0 Å². The molecule has 0 spiro atoms. The molecule has 94 valence electrons. The van der Waals surface area contributed by atoms with Crippen LogP contribution >= 0.6 is 11.3 Å². The summed E-state index contributed by atoms with van der Waals surface area (Å²) in [5, 5.41) is 17.8. The highest BCUT2D eigenvalue weighted by atomic mass is 32.1. The third kappa shape index (κ3) is 3.66. The Morgan fingerprint density at radius 2 is 2.41 bits per heavy atom. The zero-order chi connectivity index (χ0) is 12.1. The van der Waals surface area contributed by atoms with Gasteiger partial charge in [-0.15, -0.1) is 0 Å². The average molecular weight is 251 g/mol. The Morgan fingerprint density at radius 3 is 3.06 bits per heavy atom. The topological polar surface area (TPSA) is 32.3 Å². The Kier molecular flexibility index (Phi) is 4.37. The maximum absolute atomic E-state index is 10.3. The molecule has 0 aromatic carbocycles. The molecule has 0 radical (unpaired) electrons. The molecule has 0 bridgehead atoms. The summed E-state index contributed by atoms with van der Waals surface area (Å²) in [5.41, 5.74) is 0.267. The predicted octanol–water partition coefficient (Wildman–Crippen LogP) is 2.90. The van der Waals surface area contributed by atoms with Crippen molar-refractivity contribution in [1.82, 2.24) is 5.32 Å². The molecule has 1 aliphatic carbocycles. The van der Waals surface area contributed by atoms with Gasteiger partial charge in [-0.05, 0) is 61.0 Å². The van der Waals surface area contributed by atoms with Crippen molar-refractivity contribution in [3.05, 3.63) is 34.5 Å². The minimum Gasteiger partial charge on any atom is -0.384 e. The quantitative estimate of drug-likeness (QED) is 0.789. The second-order valence-corrected chi connectivity index (χ2v) is 5.85. The van der Waals surface area contributed by atoms with Gasteiger partial charge in [0.15, 0.2) is 0 Å². The molecule has 2 nitrogen and oxygen atoms in total. The van der Waals surface area contributed by atoms with E-state index in [1.165, 1.54) is 19.3 Å². The molecule has 0 aliphatic heterocycles. The second kappa shape index (κ2) is 5.80. The first kappa shape index (κ1) is 12.8. The Hall–Kier alpha value is -0.640. The van der Waals surface area contributed by atoms with Gasteiger partial charge in [-0.25, -0.2) is 0 Å². The highest BCUT2D eigenvalue weighted by Gasteiger charge is 2.23. The van der Waals surface area contributed by atoms with E-state index in [2.05, 4.69) is 17.5 Å². The molecule has 2 N–H and O–H groups in total. The monoisotopic (exact) mass is 251 g/mol. The van der Waals surface area contributed by atoms with Crippen molar-refractivity contribution < 1.29 is 5.11 Å². The van der Waals surface area contributed by atoms with Gasteiger partial charge < -0.3 is 10.4 Å². The maximum atomic E-state index is 10.3. The zero-order valence-corrected chi connectivity index (χ0v) is 11.2. The summed E-state index contributed by atoms with van der Waals surface area (Å²) in [7, 11) is 0. The summed E-state index contributed by atoms with van der Waals surface area (Å²) in [6.45, 7) is 3.51. The molecule has 2 rings (SSSR count). The standard InChI is InChI=1S/C14H21NOS/c1-14(16,13-7-8-17-10-13)11-15-9-12-5-3-2-4-6-12/h2-3,7-8,10,12,15-16H,4-6,9,11H2,1H3/t12-,14-/m1/s1. The highest BCUT2D eigenvalue weighted by molar-refractivity contribution is 7.08. The summed E-state index contributed by atoms with van der Waals surface area (Å²) in [6, 6.07) is 2.00. The molecule has 1 aliphatic rings. The molecule has 0 saturated carbocycles. The normalized spacial score (nSPS) is 23.5. The number of rotatable bonds is 5. The van der Waals surface area contributed by atoms with Crippen LogP contribution in [0.1, 0.15) is 31.7 Å². The lowest BCUT2D eigenvalue weighted by molar-refractivity contribution is 0.0563. The van der Waals surface area contributed by atoms with Gasteiger partial charge in [0.05, 0.1) is 5.60 Å². The molecular weight excluding hydrogens is 230 g/mol. The minimum absolute atomic E-state index is 0.629. The first-order valence-electron chi connectivity index (χ1n) is 6.29. The van der Waals surface area contributed by atoms with Gasteiger partial charge in [0.25, 0.3) is 0 Å². The Bertz CT molecular complexity index is 356. The van der Waals surface area contributed by atoms with Crippen LogP contribution in [0.4, 0.5) is 0 Å². The number of aliphatic hydroxyl groups is 1. The first-order chi connectivity index (χ1) is 8.18. The Morgan fingerprint density at radius 1 is 1.53 bits per heavy atom. The van der Waals surface area contributed by atoms with Gasteiger partial charge in [-0.2, -0.15) is 11.3 Å².